The normalized spacial score (nSPS) is 22.8. The van der Waals surface area contributed by atoms with Crippen LogP contribution in [0, 0.1) is 0 Å². The smallest absolute Gasteiger partial charge is 0.200 e. The summed E-state index contributed by atoms with van der Waals surface area (Å²) in [6.07, 6.45) is 3.82. The molecule has 6 heteroatoms. The number of piperidine rings is 1. The van der Waals surface area contributed by atoms with Crippen molar-refractivity contribution in [3.8, 4) is 5.75 Å². The summed E-state index contributed by atoms with van der Waals surface area (Å²) in [5, 5.41) is 8.55. The molecule has 0 radical (unpaired) electrons. The Balaban J connectivity index is 1.56. The number of nitrogens with zero attached hydrogens (tertiary/aromatic N) is 3. The highest BCUT2D eigenvalue weighted by Gasteiger charge is 2.52. The van der Waals surface area contributed by atoms with Gasteiger partial charge in [-0.25, -0.2) is 5.01 Å². The summed E-state index contributed by atoms with van der Waals surface area (Å²) in [7, 11) is 0. The highest BCUT2D eigenvalue weighted by molar-refractivity contribution is 6.35. The van der Waals surface area contributed by atoms with Crippen LogP contribution in [0.1, 0.15) is 49.8 Å². The summed E-state index contributed by atoms with van der Waals surface area (Å²) < 4.78 is 6.67. The lowest BCUT2D eigenvalue weighted by atomic mass is 9.90. The van der Waals surface area contributed by atoms with Gasteiger partial charge in [0.15, 0.2) is 0 Å². The van der Waals surface area contributed by atoms with E-state index >= 15 is 0 Å². The van der Waals surface area contributed by atoms with E-state index in [-0.39, 0.29) is 6.04 Å². The Kier molecular flexibility index (Phi) is 4.97. The summed E-state index contributed by atoms with van der Waals surface area (Å²) in [4.78, 5) is 2.51. The fraction of sp³-hybridized carbons (Fsp3) is 0.435. The number of hydrazone groups is 1. The molecule has 1 saturated heterocycles. The molecule has 2 aromatic rings. The van der Waals surface area contributed by atoms with E-state index in [4.69, 9.17) is 33.0 Å². The molecule has 0 amide bonds. The molecule has 4 nitrogen and oxygen atoms in total. The molecule has 0 aliphatic carbocycles. The lowest BCUT2D eigenvalue weighted by molar-refractivity contribution is -0.149. The van der Waals surface area contributed by atoms with Gasteiger partial charge in [-0.1, -0.05) is 60.5 Å². The monoisotopic (exact) mass is 429 g/mol. The maximum atomic E-state index is 6.67. The van der Waals surface area contributed by atoms with E-state index in [0.717, 1.165) is 61.5 Å². The van der Waals surface area contributed by atoms with Crippen LogP contribution >= 0.6 is 23.2 Å². The maximum Gasteiger partial charge on any atom is 0.200 e. The highest BCUT2D eigenvalue weighted by atomic mass is 35.5. The van der Waals surface area contributed by atoms with E-state index < -0.39 is 5.72 Å². The molecular formula is C23H25Cl2N3O. The quantitative estimate of drug-likeness (QED) is 0.622. The number of ether oxygens (including phenoxy) is 1. The summed E-state index contributed by atoms with van der Waals surface area (Å²) in [6.45, 7) is 5.38. The first-order valence-corrected chi connectivity index (χ1v) is 11.2. The van der Waals surface area contributed by atoms with Crippen molar-refractivity contribution < 1.29 is 4.74 Å². The predicted molar refractivity (Wildman–Crippen MR) is 118 cm³/mol. The second-order valence-corrected chi connectivity index (χ2v) is 9.02. The number of hydrogen-bond donors (Lipinski definition) is 0. The van der Waals surface area contributed by atoms with E-state index in [1.54, 1.807) is 6.07 Å². The van der Waals surface area contributed by atoms with Crippen LogP contribution in [-0.2, 0) is 0 Å². The molecule has 152 valence electrons. The maximum absolute atomic E-state index is 6.67. The third-order valence-corrected chi connectivity index (χ3v) is 6.80. The molecule has 0 bridgehead atoms. The minimum absolute atomic E-state index is 0.0999. The van der Waals surface area contributed by atoms with Crippen LogP contribution < -0.4 is 4.74 Å². The van der Waals surface area contributed by atoms with Gasteiger partial charge in [0.1, 0.15) is 5.75 Å². The fourth-order valence-electron chi connectivity index (χ4n) is 4.88. The van der Waals surface area contributed by atoms with Gasteiger partial charge < -0.3 is 9.64 Å². The molecule has 1 unspecified atom stereocenters. The Hall–Kier alpha value is -1.75. The van der Waals surface area contributed by atoms with E-state index in [1.807, 2.05) is 12.1 Å². The summed E-state index contributed by atoms with van der Waals surface area (Å²) in [5.41, 5.74) is 2.85. The molecule has 1 fully saturated rings. The molecule has 0 saturated carbocycles. The van der Waals surface area contributed by atoms with Crippen molar-refractivity contribution in [2.75, 3.05) is 19.6 Å². The standard InChI is InChI=1S/C23H25Cl2N3O/c1-2-10-27-11-8-23(9-12-27)28-21(15-20(26-28)16-6-4-3-5-7-16)18-13-17(24)14-19(25)22(18)29-23/h3-7,13-14,21H,2,8-12,15H2,1H3. The second kappa shape index (κ2) is 7.50. The Morgan fingerprint density at radius 2 is 1.90 bits per heavy atom. The number of hydrogen-bond acceptors (Lipinski definition) is 4. The number of likely N-dealkylation sites (tertiary alicyclic amines) is 1. The van der Waals surface area contributed by atoms with Crippen LogP contribution in [-0.4, -0.2) is 41.0 Å². The molecule has 2 aromatic carbocycles. The van der Waals surface area contributed by atoms with Crippen molar-refractivity contribution in [1.29, 1.82) is 0 Å². The lowest BCUT2D eigenvalue weighted by Crippen LogP contribution is -2.59. The predicted octanol–water partition coefficient (Wildman–Crippen LogP) is 5.74. The van der Waals surface area contributed by atoms with Crippen molar-refractivity contribution in [1.82, 2.24) is 9.91 Å². The number of rotatable bonds is 3. The Morgan fingerprint density at radius 1 is 1.14 bits per heavy atom. The topological polar surface area (TPSA) is 28.1 Å². The third-order valence-electron chi connectivity index (χ3n) is 6.30. The lowest BCUT2D eigenvalue weighted by Gasteiger charge is -2.51. The molecule has 3 aliphatic rings. The van der Waals surface area contributed by atoms with E-state index in [9.17, 15) is 0 Å². The van der Waals surface area contributed by atoms with Gasteiger partial charge in [0.25, 0.3) is 0 Å². The zero-order chi connectivity index (χ0) is 20.0. The van der Waals surface area contributed by atoms with Gasteiger partial charge in [0.2, 0.25) is 5.72 Å². The molecule has 29 heavy (non-hydrogen) atoms. The van der Waals surface area contributed by atoms with Crippen molar-refractivity contribution in [2.24, 2.45) is 5.10 Å². The largest absolute Gasteiger partial charge is 0.464 e. The molecule has 5 rings (SSSR count). The summed E-state index contributed by atoms with van der Waals surface area (Å²) in [6, 6.07) is 14.3. The number of fused-ring (bicyclic) bond motifs is 4. The Morgan fingerprint density at radius 3 is 2.62 bits per heavy atom. The van der Waals surface area contributed by atoms with Crippen molar-refractivity contribution >= 4 is 28.9 Å². The van der Waals surface area contributed by atoms with Gasteiger partial charge in [0, 0.05) is 42.9 Å². The van der Waals surface area contributed by atoms with Crippen LogP contribution in [0.4, 0.5) is 0 Å². The van der Waals surface area contributed by atoms with Crippen molar-refractivity contribution in [3.63, 3.8) is 0 Å². The third kappa shape index (κ3) is 3.31. The molecule has 3 heterocycles. The minimum Gasteiger partial charge on any atom is -0.464 e. The van der Waals surface area contributed by atoms with Gasteiger partial charge in [-0.15, -0.1) is 0 Å². The highest BCUT2D eigenvalue weighted by Crippen LogP contribution is 2.52. The first-order valence-electron chi connectivity index (χ1n) is 10.4. The van der Waals surface area contributed by atoms with E-state index in [2.05, 4.69) is 41.1 Å². The van der Waals surface area contributed by atoms with Crippen LogP contribution in [0.25, 0.3) is 0 Å². The van der Waals surface area contributed by atoms with Crippen LogP contribution in [0.15, 0.2) is 47.6 Å². The van der Waals surface area contributed by atoms with Gasteiger partial charge in [-0.05, 0) is 30.7 Å². The van der Waals surface area contributed by atoms with Crippen molar-refractivity contribution in [2.45, 2.75) is 44.4 Å². The van der Waals surface area contributed by atoms with E-state index in [0.29, 0.717) is 10.0 Å². The fourth-order valence-corrected chi connectivity index (χ4v) is 5.43. The zero-order valence-electron chi connectivity index (χ0n) is 16.6. The number of benzene rings is 2. The Bertz CT molecular complexity index is 939. The molecule has 0 N–H and O–H groups in total. The first kappa shape index (κ1) is 19.2. The first-order chi connectivity index (χ1) is 14.1. The van der Waals surface area contributed by atoms with Crippen molar-refractivity contribution in [3.05, 3.63) is 63.6 Å². The Labute approximate surface area is 182 Å². The SMILES string of the molecule is CCCN1CCC2(CC1)Oc1c(Cl)cc(Cl)cc1C1CC(c3ccccc3)=NN12. The number of halogens is 2. The van der Waals surface area contributed by atoms with Gasteiger partial charge in [-0.2, -0.15) is 5.10 Å². The van der Waals surface area contributed by atoms with Gasteiger partial charge >= 0.3 is 0 Å². The van der Waals surface area contributed by atoms with Crippen LogP contribution in [0.3, 0.4) is 0 Å². The second-order valence-electron chi connectivity index (χ2n) is 8.17. The minimum atomic E-state index is -0.449. The average molecular weight is 430 g/mol. The zero-order valence-corrected chi connectivity index (χ0v) is 18.1. The molecular weight excluding hydrogens is 405 g/mol. The van der Waals surface area contributed by atoms with Gasteiger partial charge in [0.05, 0.1) is 16.8 Å². The average Bonchev–Trinajstić information content (AvgIpc) is 3.19. The molecule has 0 aromatic heterocycles. The molecule has 3 aliphatic heterocycles. The summed E-state index contributed by atoms with van der Waals surface area (Å²) >= 11 is 13.0. The van der Waals surface area contributed by atoms with Crippen LogP contribution in [0.5, 0.6) is 5.75 Å². The molecule has 1 spiro atoms. The van der Waals surface area contributed by atoms with E-state index in [1.165, 1.54) is 6.42 Å². The molecule has 1 atom stereocenters. The van der Waals surface area contributed by atoms with Crippen LogP contribution in [0.2, 0.25) is 10.0 Å². The van der Waals surface area contributed by atoms with Gasteiger partial charge in [-0.3, -0.25) is 0 Å². The summed E-state index contributed by atoms with van der Waals surface area (Å²) in [5.74, 6) is 0.783.